The molecule has 2 aromatic rings. The highest BCUT2D eigenvalue weighted by atomic mass is 16.7. The van der Waals surface area contributed by atoms with Crippen LogP contribution in [0, 0.1) is 6.92 Å². The van der Waals surface area contributed by atoms with Crippen molar-refractivity contribution < 1.29 is 9.47 Å². The molecule has 0 amide bonds. The Morgan fingerprint density at radius 1 is 1.15 bits per heavy atom. The Balaban J connectivity index is 1.69. The summed E-state index contributed by atoms with van der Waals surface area (Å²) in [6.45, 7) is 5.38. The standard InChI is InChI=1S/C17H19NO2/c1-12-5-3-6-14(9-12)13(2)18-10-15-7-4-8-16-17(15)20-11-19-16/h3-9,13,18H,10-11H2,1-2H3/t13-/m0/s1. The highest BCUT2D eigenvalue weighted by Crippen LogP contribution is 2.35. The van der Waals surface area contributed by atoms with Gasteiger partial charge in [0.2, 0.25) is 6.79 Å². The van der Waals surface area contributed by atoms with E-state index >= 15 is 0 Å². The lowest BCUT2D eigenvalue weighted by Crippen LogP contribution is -2.18. The lowest BCUT2D eigenvalue weighted by molar-refractivity contribution is 0.173. The molecule has 104 valence electrons. The predicted octanol–water partition coefficient (Wildman–Crippen LogP) is 3.57. The molecule has 0 radical (unpaired) electrons. The molecule has 1 aliphatic rings. The fraction of sp³-hybridized carbons (Fsp3) is 0.294. The van der Waals surface area contributed by atoms with E-state index in [1.165, 1.54) is 11.1 Å². The Hall–Kier alpha value is -2.00. The van der Waals surface area contributed by atoms with Gasteiger partial charge >= 0.3 is 0 Å². The van der Waals surface area contributed by atoms with Crippen LogP contribution in [0.25, 0.3) is 0 Å². The summed E-state index contributed by atoms with van der Waals surface area (Å²) < 4.78 is 10.9. The molecule has 1 N–H and O–H groups in total. The summed E-state index contributed by atoms with van der Waals surface area (Å²) in [6, 6.07) is 14.9. The molecule has 3 heteroatoms. The molecule has 0 saturated carbocycles. The van der Waals surface area contributed by atoms with Gasteiger partial charge in [-0.2, -0.15) is 0 Å². The number of ether oxygens (including phenoxy) is 2. The van der Waals surface area contributed by atoms with Crippen LogP contribution in [0.3, 0.4) is 0 Å². The molecule has 0 saturated heterocycles. The van der Waals surface area contributed by atoms with Crippen molar-refractivity contribution in [3.05, 3.63) is 59.2 Å². The maximum absolute atomic E-state index is 5.52. The Kier molecular flexibility index (Phi) is 3.61. The summed E-state index contributed by atoms with van der Waals surface area (Å²) in [7, 11) is 0. The van der Waals surface area contributed by atoms with Gasteiger partial charge in [0.25, 0.3) is 0 Å². The quantitative estimate of drug-likeness (QED) is 0.920. The fourth-order valence-electron chi connectivity index (χ4n) is 2.45. The second kappa shape index (κ2) is 5.55. The smallest absolute Gasteiger partial charge is 0.231 e. The molecule has 0 bridgehead atoms. The number of fused-ring (bicyclic) bond motifs is 1. The molecule has 0 unspecified atom stereocenters. The van der Waals surface area contributed by atoms with Gasteiger partial charge in [-0.1, -0.05) is 42.0 Å². The first kappa shape index (κ1) is 13.0. The highest BCUT2D eigenvalue weighted by molar-refractivity contribution is 5.48. The van der Waals surface area contributed by atoms with Gasteiger partial charge < -0.3 is 14.8 Å². The van der Waals surface area contributed by atoms with Crippen molar-refractivity contribution in [1.29, 1.82) is 0 Å². The first-order valence-electron chi connectivity index (χ1n) is 6.91. The lowest BCUT2D eigenvalue weighted by atomic mass is 10.1. The number of para-hydroxylation sites is 1. The van der Waals surface area contributed by atoms with Crippen LogP contribution >= 0.6 is 0 Å². The molecule has 1 heterocycles. The first-order valence-corrected chi connectivity index (χ1v) is 6.91. The zero-order chi connectivity index (χ0) is 13.9. The molecule has 3 nitrogen and oxygen atoms in total. The predicted molar refractivity (Wildman–Crippen MR) is 79.0 cm³/mol. The van der Waals surface area contributed by atoms with Crippen LogP contribution in [0.1, 0.15) is 29.7 Å². The molecule has 20 heavy (non-hydrogen) atoms. The van der Waals surface area contributed by atoms with Crippen LogP contribution in [0.4, 0.5) is 0 Å². The second-order valence-electron chi connectivity index (χ2n) is 5.17. The van der Waals surface area contributed by atoms with Gasteiger partial charge in [-0.15, -0.1) is 0 Å². The molecule has 1 aliphatic heterocycles. The normalized spacial score (nSPS) is 14.3. The number of aryl methyl sites for hydroxylation is 1. The van der Waals surface area contributed by atoms with Gasteiger partial charge in [0.05, 0.1) is 0 Å². The van der Waals surface area contributed by atoms with Gasteiger partial charge in [0.15, 0.2) is 11.5 Å². The zero-order valence-electron chi connectivity index (χ0n) is 11.8. The molecular formula is C17H19NO2. The largest absolute Gasteiger partial charge is 0.454 e. The van der Waals surface area contributed by atoms with Crippen LogP contribution < -0.4 is 14.8 Å². The Morgan fingerprint density at radius 2 is 2.00 bits per heavy atom. The zero-order valence-corrected chi connectivity index (χ0v) is 11.8. The molecule has 0 aliphatic carbocycles. The third-order valence-corrected chi connectivity index (χ3v) is 3.62. The van der Waals surface area contributed by atoms with Gasteiger partial charge in [-0.05, 0) is 25.5 Å². The summed E-state index contributed by atoms with van der Waals surface area (Å²) in [5, 5.41) is 3.54. The van der Waals surface area contributed by atoms with Crippen LogP contribution in [0.15, 0.2) is 42.5 Å². The molecule has 0 aromatic heterocycles. The average Bonchev–Trinajstić information content (AvgIpc) is 2.93. The van der Waals surface area contributed by atoms with E-state index in [1.54, 1.807) is 0 Å². The minimum atomic E-state index is 0.299. The monoisotopic (exact) mass is 269 g/mol. The topological polar surface area (TPSA) is 30.5 Å². The van der Waals surface area contributed by atoms with Gasteiger partial charge in [0, 0.05) is 18.2 Å². The number of rotatable bonds is 4. The minimum Gasteiger partial charge on any atom is -0.454 e. The van der Waals surface area contributed by atoms with E-state index in [2.05, 4.69) is 49.5 Å². The molecule has 0 fully saturated rings. The van der Waals surface area contributed by atoms with E-state index in [1.807, 2.05) is 12.1 Å². The van der Waals surface area contributed by atoms with E-state index in [-0.39, 0.29) is 0 Å². The van der Waals surface area contributed by atoms with Crippen LogP contribution in [-0.4, -0.2) is 6.79 Å². The first-order chi connectivity index (χ1) is 9.74. The molecular weight excluding hydrogens is 250 g/mol. The fourth-order valence-corrected chi connectivity index (χ4v) is 2.45. The van der Waals surface area contributed by atoms with Gasteiger partial charge in [-0.3, -0.25) is 0 Å². The number of hydrogen-bond donors (Lipinski definition) is 1. The van der Waals surface area contributed by atoms with Crippen LogP contribution in [0.5, 0.6) is 11.5 Å². The third-order valence-electron chi connectivity index (χ3n) is 3.62. The van der Waals surface area contributed by atoms with Crippen molar-refractivity contribution in [3.8, 4) is 11.5 Å². The van der Waals surface area contributed by atoms with E-state index < -0.39 is 0 Å². The highest BCUT2D eigenvalue weighted by Gasteiger charge is 2.17. The number of nitrogens with one attached hydrogen (secondary N) is 1. The molecule has 3 rings (SSSR count). The van der Waals surface area contributed by atoms with E-state index in [9.17, 15) is 0 Å². The maximum atomic E-state index is 5.52. The minimum absolute atomic E-state index is 0.299. The van der Waals surface area contributed by atoms with Crippen molar-refractivity contribution in [2.45, 2.75) is 26.4 Å². The van der Waals surface area contributed by atoms with E-state index in [4.69, 9.17) is 9.47 Å². The summed E-state index contributed by atoms with van der Waals surface area (Å²) in [6.07, 6.45) is 0. The van der Waals surface area contributed by atoms with Gasteiger partial charge in [-0.25, -0.2) is 0 Å². The van der Waals surface area contributed by atoms with E-state index in [0.29, 0.717) is 12.8 Å². The van der Waals surface area contributed by atoms with E-state index in [0.717, 1.165) is 23.6 Å². The van der Waals surface area contributed by atoms with Crippen molar-refractivity contribution in [2.24, 2.45) is 0 Å². The maximum Gasteiger partial charge on any atom is 0.231 e. The Morgan fingerprint density at radius 3 is 2.85 bits per heavy atom. The summed E-state index contributed by atoms with van der Waals surface area (Å²) >= 11 is 0. The number of benzene rings is 2. The number of hydrogen-bond acceptors (Lipinski definition) is 3. The lowest BCUT2D eigenvalue weighted by Gasteiger charge is -2.15. The second-order valence-corrected chi connectivity index (χ2v) is 5.17. The third kappa shape index (κ3) is 2.63. The van der Waals surface area contributed by atoms with Crippen molar-refractivity contribution in [3.63, 3.8) is 0 Å². The molecule has 1 atom stereocenters. The Bertz CT molecular complexity index is 610. The van der Waals surface area contributed by atoms with Gasteiger partial charge in [0.1, 0.15) is 0 Å². The van der Waals surface area contributed by atoms with Crippen molar-refractivity contribution in [2.75, 3.05) is 6.79 Å². The average molecular weight is 269 g/mol. The van der Waals surface area contributed by atoms with Crippen LogP contribution in [0.2, 0.25) is 0 Å². The van der Waals surface area contributed by atoms with Crippen molar-refractivity contribution in [1.82, 2.24) is 5.32 Å². The summed E-state index contributed by atoms with van der Waals surface area (Å²) in [4.78, 5) is 0. The molecule has 2 aromatic carbocycles. The summed E-state index contributed by atoms with van der Waals surface area (Å²) in [5.74, 6) is 1.71. The SMILES string of the molecule is Cc1cccc([C@H](C)NCc2cccc3c2OCO3)c1. The van der Waals surface area contributed by atoms with Crippen LogP contribution in [-0.2, 0) is 6.54 Å². The molecule has 0 spiro atoms. The Labute approximate surface area is 119 Å². The van der Waals surface area contributed by atoms with Crippen molar-refractivity contribution >= 4 is 0 Å². The summed E-state index contributed by atoms with van der Waals surface area (Å²) in [5.41, 5.74) is 3.72.